The molecule has 1 aliphatic rings. The quantitative estimate of drug-likeness (QED) is 0.776. The zero-order valence-electron chi connectivity index (χ0n) is 12.2. The van der Waals surface area contributed by atoms with Crippen LogP contribution in [0.2, 0.25) is 0 Å². The van der Waals surface area contributed by atoms with Crippen molar-refractivity contribution in [2.45, 2.75) is 64.6 Å². The summed E-state index contributed by atoms with van der Waals surface area (Å²) in [6.45, 7) is 10.8. The number of ether oxygens (including phenoxy) is 1. The number of nitrogens with two attached hydrogens (primary N) is 1. The van der Waals surface area contributed by atoms with Gasteiger partial charge in [-0.15, -0.1) is 0 Å². The van der Waals surface area contributed by atoms with Gasteiger partial charge in [-0.25, -0.2) is 0 Å². The summed E-state index contributed by atoms with van der Waals surface area (Å²) in [6, 6.07) is 1.07. The lowest BCUT2D eigenvalue weighted by molar-refractivity contribution is -0.0612. The maximum atomic E-state index is 5.90. The zero-order chi connectivity index (χ0) is 13.1. The van der Waals surface area contributed by atoms with Crippen LogP contribution < -0.4 is 5.73 Å². The third kappa shape index (κ3) is 3.21. The summed E-state index contributed by atoms with van der Waals surface area (Å²) < 4.78 is 5.64. The fourth-order valence-corrected chi connectivity index (χ4v) is 3.09. The maximum absolute atomic E-state index is 5.90. The van der Waals surface area contributed by atoms with E-state index in [4.69, 9.17) is 10.5 Å². The first-order valence-electron chi connectivity index (χ1n) is 6.98. The normalized spacial score (nSPS) is 27.7. The minimum atomic E-state index is -0.0995. The summed E-state index contributed by atoms with van der Waals surface area (Å²) in [4.78, 5) is 2.59. The molecule has 0 aliphatic heterocycles. The third-order valence-electron chi connectivity index (χ3n) is 4.74. The van der Waals surface area contributed by atoms with Crippen LogP contribution in [0.5, 0.6) is 0 Å². The molecule has 0 bridgehead atoms. The van der Waals surface area contributed by atoms with Gasteiger partial charge in [0.2, 0.25) is 0 Å². The molecule has 0 heterocycles. The van der Waals surface area contributed by atoms with Gasteiger partial charge in [0.05, 0.1) is 5.60 Å². The number of rotatable bonds is 6. The highest BCUT2D eigenvalue weighted by Crippen LogP contribution is 2.33. The first-order valence-corrected chi connectivity index (χ1v) is 6.98. The molecule has 0 saturated heterocycles. The summed E-state index contributed by atoms with van der Waals surface area (Å²) in [5.74, 6) is 0.671. The van der Waals surface area contributed by atoms with Crippen LogP contribution in [0.4, 0.5) is 0 Å². The zero-order valence-corrected chi connectivity index (χ0v) is 12.2. The Balaban J connectivity index is 2.76. The number of likely N-dealkylation sites (N-methyl/N-ethyl adjacent to an activating group) is 1. The Bertz CT molecular complexity index is 228. The largest absolute Gasteiger partial charge is 0.377 e. The van der Waals surface area contributed by atoms with Crippen LogP contribution in [0.3, 0.4) is 0 Å². The SMILES string of the molecule is CCN(C1CCCC1CN)C(C)C(C)(C)OC. The van der Waals surface area contributed by atoms with Crippen molar-refractivity contribution < 1.29 is 4.74 Å². The number of hydrogen-bond donors (Lipinski definition) is 1. The van der Waals surface area contributed by atoms with Crippen LogP contribution in [0.1, 0.15) is 47.0 Å². The molecule has 3 unspecified atom stereocenters. The van der Waals surface area contributed by atoms with Crippen LogP contribution in [0.25, 0.3) is 0 Å². The molecule has 2 N–H and O–H groups in total. The average molecular weight is 242 g/mol. The lowest BCUT2D eigenvalue weighted by Gasteiger charge is -2.43. The summed E-state index contributed by atoms with van der Waals surface area (Å²) >= 11 is 0. The standard InChI is InChI=1S/C14H30N2O/c1-6-16(11(2)14(3,4)17-5)13-9-7-8-12(13)10-15/h11-13H,6-10,15H2,1-5H3. The molecule has 0 spiro atoms. The van der Waals surface area contributed by atoms with Gasteiger partial charge in [-0.1, -0.05) is 13.3 Å². The molecule has 3 atom stereocenters. The van der Waals surface area contributed by atoms with Crippen LogP contribution >= 0.6 is 0 Å². The van der Waals surface area contributed by atoms with E-state index in [0.29, 0.717) is 18.0 Å². The van der Waals surface area contributed by atoms with Crippen molar-refractivity contribution >= 4 is 0 Å². The molecule has 0 aromatic heterocycles. The van der Waals surface area contributed by atoms with Crippen LogP contribution in [-0.2, 0) is 4.74 Å². The van der Waals surface area contributed by atoms with E-state index in [1.165, 1.54) is 19.3 Å². The monoisotopic (exact) mass is 242 g/mol. The highest BCUT2D eigenvalue weighted by molar-refractivity contribution is 4.92. The smallest absolute Gasteiger partial charge is 0.0774 e. The predicted octanol–water partition coefficient (Wildman–Crippen LogP) is 2.25. The van der Waals surface area contributed by atoms with Crippen molar-refractivity contribution in [1.82, 2.24) is 4.90 Å². The topological polar surface area (TPSA) is 38.5 Å². The van der Waals surface area contributed by atoms with Gasteiger partial charge in [0.25, 0.3) is 0 Å². The van der Waals surface area contributed by atoms with Gasteiger partial charge in [-0.2, -0.15) is 0 Å². The lowest BCUT2D eigenvalue weighted by Crippen LogP contribution is -2.54. The van der Waals surface area contributed by atoms with Crippen molar-refractivity contribution in [3.63, 3.8) is 0 Å². The van der Waals surface area contributed by atoms with E-state index in [0.717, 1.165) is 13.1 Å². The second-order valence-electron chi connectivity index (χ2n) is 5.81. The summed E-state index contributed by atoms with van der Waals surface area (Å²) in [6.07, 6.45) is 3.90. The summed E-state index contributed by atoms with van der Waals surface area (Å²) in [5.41, 5.74) is 5.80. The van der Waals surface area contributed by atoms with Gasteiger partial charge >= 0.3 is 0 Å². The van der Waals surface area contributed by atoms with Gasteiger partial charge in [0.1, 0.15) is 0 Å². The molecule has 1 fully saturated rings. The van der Waals surface area contributed by atoms with Gasteiger partial charge in [0.15, 0.2) is 0 Å². The first-order chi connectivity index (χ1) is 7.97. The Kier molecular flexibility index (Phi) is 5.42. The fraction of sp³-hybridized carbons (Fsp3) is 1.00. The van der Waals surface area contributed by atoms with Gasteiger partial charge < -0.3 is 10.5 Å². The fourth-order valence-electron chi connectivity index (χ4n) is 3.09. The molecule has 1 saturated carbocycles. The van der Waals surface area contributed by atoms with E-state index in [1.807, 2.05) is 0 Å². The molecule has 3 nitrogen and oxygen atoms in total. The molecular weight excluding hydrogens is 212 g/mol. The Morgan fingerprint density at radius 2 is 2.06 bits per heavy atom. The van der Waals surface area contributed by atoms with E-state index in [2.05, 4.69) is 32.6 Å². The second-order valence-corrected chi connectivity index (χ2v) is 5.81. The number of methoxy groups -OCH3 is 1. The first kappa shape index (κ1) is 14.9. The minimum absolute atomic E-state index is 0.0995. The molecule has 0 aromatic carbocycles. The van der Waals surface area contributed by atoms with Crippen molar-refractivity contribution in [3.05, 3.63) is 0 Å². The van der Waals surface area contributed by atoms with Crippen LogP contribution in [0.15, 0.2) is 0 Å². The molecule has 0 aromatic rings. The predicted molar refractivity (Wildman–Crippen MR) is 73.1 cm³/mol. The van der Waals surface area contributed by atoms with E-state index >= 15 is 0 Å². The van der Waals surface area contributed by atoms with Crippen molar-refractivity contribution in [2.75, 3.05) is 20.2 Å². The molecule has 102 valence electrons. The van der Waals surface area contributed by atoms with Gasteiger partial charge in [0, 0.05) is 19.2 Å². The maximum Gasteiger partial charge on any atom is 0.0774 e. The Hall–Kier alpha value is -0.120. The Morgan fingerprint density at radius 3 is 2.53 bits per heavy atom. The average Bonchev–Trinajstić information content (AvgIpc) is 2.78. The van der Waals surface area contributed by atoms with Crippen LogP contribution in [-0.4, -0.2) is 42.8 Å². The Labute approximate surface area is 107 Å². The van der Waals surface area contributed by atoms with Gasteiger partial charge in [-0.05, 0) is 52.6 Å². The highest BCUT2D eigenvalue weighted by Gasteiger charge is 2.38. The molecular formula is C14H30N2O. The van der Waals surface area contributed by atoms with Crippen molar-refractivity contribution in [2.24, 2.45) is 11.7 Å². The van der Waals surface area contributed by atoms with E-state index in [1.54, 1.807) is 7.11 Å². The second kappa shape index (κ2) is 6.17. The van der Waals surface area contributed by atoms with Crippen LogP contribution in [0, 0.1) is 5.92 Å². The molecule has 0 radical (unpaired) electrons. The minimum Gasteiger partial charge on any atom is -0.377 e. The molecule has 17 heavy (non-hydrogen) atoms. The number of nitrogens with zero attached hydrogens (tertiary/aromatic N) is 1. The number of hydrogen-bond acceptors (Lipinski definition) is 3. The summed E-state index contributed by atoms with van der Waals surface area (Å²) in [7, 11) is 1.80. The Morgan fingerprint density at radius 1 is 1.41 bits per heavy atom. The van der Waals surface area contributed by atoms with Crippen molar-refractivity contribution in [1.29, 1.82) is 0 Å². The van der Waals surface area contributed by atoms with E-state index in [9.17, 15) is 0 Å². The highest BCUT2D eigenvalue weighted by atomic mass is 16.5. The molecule has 3 heteroatoms. The van der Waals surface area contributed by atoms with Crippen molar-refractivity contribution in [3.8, 4) is 0 Å². The van der Waals surface area contributed by atoms with Gasteiger partial charge in [-0.3, -0.25) is 4.90 Å². The molecule has 1 rings (SSSR count). The molecule has 0 amide bonds. The van der Waals surface area contributed by atoms with E-state index in [-0.39, 0.29) is 5.60 Å². The van der Waals surface area contributed by atoms with E-state index < -0.39 is 0 Å². The lowest BCUT2D eigenvalue weighted by atomic mass is 9.93. The summed E-state index contributed by atoms with van der Waals surface area (Å²) in [5, 5.41) is 0. The third-order valence-corrected chi connectivity index (χ3v) is 4.74. The molecule has 1 aliphatic carbocycles.